The molecule has 0 unspecified atom stereocenters. The normalized spacial score (nSPS) is 11.1. The number of ether oxygens (including phenoxy) is 2. The van der Waals surface area contributed by atoms with Gasteiger partial charge in [-0.2, -0.15) is 8.78 Å². The van der Waals surface area contributed by atoms with E-state index in [9.17, 15) is 13.6 Å². The molecule has 1 amide bonds. The smallest absolute Gasteiger partial charge is 0.387 e. The molecule has 0 spiro atoms. The molecule has 0 fully saturated rings. The van der Waals surface area contributed by atoms with E-state index in [2.05, 4.69) is 29.1 Å². The van der Waals surface area contributed by atoms with Crippen LogP contribution in [0.15, 0.2) is 47.6 Å². The predicted octanol–water partition coefficient (Wildman–Crippen LogP) is 4.41. The van der Waals surface area contributed by atoms with Crippen LogP contribution in [0.25, 0.3) is 0 Å². The van der Waals surface area contributed by atoms with E-state index in [0.717, 1.165) is 0 Å². The van der Waals surface area contributed by atoms with Crippen molar-refractivity contribution >= 4 is 17.8 Å². The summed E-state index contributed by atoms with van der Waals surface area (Å²) in [6.45, 7) is 0.964. The number of nitrogens with zero attached hydrogens (tertiary/aromatic N) is 1. The van der Waals surface area contributed by atoms with Crippen LogP contribution in [0.1, 0.15) is 30.9 Å². The first-order valence-corrected chi connectivity index (χ1v) is 8.57. The number of alkyl halides is 2. The zero-order valence-corrected chi connectivity index (χ0v) is 15.8. The van der Waals surface area contributed by atoms with Gasteiger partial charge < -0.3 is 19.6 Å². The molecule has 2 aromatic carbocycles. The number of rotatable bonds is 9. The van der Waals surface area contributed by atoms with Crippen molar-refractivity contribution in [2.75, 3.05) is 19.0 Å². The molecule has 0 radical (unpaired) electrons. The lowest BCUT2D eigenvalue weighted by molar-refractivity contribution is -0.120. The molecule has 28 heavy (non-hydrogen) atoms. The number of carbonyl (C=O) groups excluding carboxylic acids is 1. The predicted molar refractivity (Wildman–Crippen MR) is 102 cm³/mol. The second-order valence-electron chi connectivity index (χ2n) is 6.12. The Morgan fingerprint density at radius 1 is 1.14 bits per heavy atom. The molecule has 0 aliphatic rings. The third-order valence-corrected chi connectivity index (χ3v) is 3.74. The molecule has 2 aromatic rings. The Morgan fingerprint density at radius 2 is 1.86 bits per heavy atom. The summed E-state index contributed by atoms with van der Waals surface area (Å²) < 4.78 is 34.0. The number of methoxy groups -OCH3 is 1. The summed E-state index contributed by atoms with van der Waals surface area (Å²) in [6.07, 6.45) is 1.33. The van der Waals surface area contributed by atoms with E-state index in [1.54, 1.807) is 0 Å². The minimum atomic E-state index is -2.95. The van der Waals surface area contributed by atoms with Gasteiger partial charge in [0.1, 0.15) is 0 Å². The lowest BCUT2D eigenvalue weighted by Gasteiger charge is -2.10. The van der Waals surface area contributed by atoms with Crippen molar-refractivity contribution in [2.45, 2.75) is 26.4 Å². The number of oxime groups is 1. The summed E-state index contributed by atoms with van der Waals surface area (Å²) in [5, 5.41) is 6.40. The van der Waals surface area contributed by atoms with Gasteiger partial charge in [-0.3, -0.25) is 4.79 Å². The van der Waals surface area contributed by atoms with Gasteiger partial charge in [-0.05, 0) is 41.8 Å². The Morgan fingerprint density at radius 3 is 2.46 bits per heavy atom. The Labute approximate surface area is 162 Å². The SMILES string of the molecule is COc1cc(/C=N/OCC(=O)Nc2ccc(C(C)C)cc2)ccc1OC(F)F. The molecule has 8 heteroatoms. The standard InChI is InChI=1S/C20H22F2N2O4/c1-13(2)15-5-7-16(8-6-15)24-19(25)12-27-23-11-14-4-9-17(28-20(21)22)18(10-14)26-3/h4-11,13,20H,12H2,1-3H3,(H,24,25)/b23-11+. The van der Waals surface area contributed by atoms with Gasteiger partial charge in [-0.15, -0.1) is 0 Å². The third-order valence-electron chi connectivity index (χ3n) is 3.74. The van der Waals surface area contributed by atoms with Crippen LogP contribution in [-0.4, -0.2) is 32.4 Å². The number of benzene rings is 2. The second kappa shape index (κ2) is 10.2. The highest BCUT2D eigenvalue weighted by molar-refractivity contribution is 5.91. The zero-order chi connectivity index (χ0) is 20.5. The van der Waals surface area contributed by atoms with E-state index < -0.39 is 6.61 Å². The van der Waals surface area contributed by atoms with Crippen LogP contribution in [0.5, 0.6) is 11.5 Å². The van der Waals surface area contributed by atoms with E-state index >= 15 is 0 Å². The van der Waals surface area contributed by atoms with E-state index in [4.69, 9.17) is 9.57 Å². The third kappa shape index (κ3) is 6.53. The minimum absolute atomic E-state index is 0.0848. The molecule has 0 aromatic heterocycles. The topological polar surface area (TPSA) is 69.2 Å². The summed E-state index contributed by atoms with van der Waals surface area (Å²) in [5.74, 6) is 0.107. The molecule has 0 saturated heterocycles. The van der Waals surface area contributed by atoms with Crippen molar-refractivity contribution in [3.8, 4) is 11.5 Å². The first-order chi connectivity index (χ1) is 13.4. The number of amides is 1. The van der Waals surface area contributed by atoms with Crippen LogP contribution >= 0.6 is 0 Å². The van der Waals surface area contributed by atoms with Gasteiger partial charge in [0.15, 0.2) is 18.1 Å². The maximum absolute atomic E-state index is 12.3. The number of nitrogens with one attached hydrogen (secondary N) is 1. The highest BCUT2D eigenvalue weighted by Gasteiger charge is 2.10. The molecule has 0 saturated carbocycles. The molecule has 1 N–H and O–H groups in total. The Hall–Kier alpha value is -3.16. The van der Waals surface area contributed by atoms with Gasteiger partial charge in [-0.25, -0.2) is 0 Å². The van der Waals surface area contributed by atoms with E-state index in [-0.39, 0.29) is 24.0 Å². The summed E-state index contributed by atoms with van der Waals surface area (Å²) >= 11 is 0. The molecular formula is C20H22F2N2O4. The van der Waals surface area contributed by atoms with Gasteiger partial charge in [0.05, 0.1) is 13.3 Å². The fourth-order valence-electron chi connectivity index (χ4n) is 2.30. The van der Waals surface area contributed by atoms with Crippen LogP contribution in [0, 0.1) is 0 Å². The van der Waals surface area contributed by atoms with Crippen LogP contribution < -0.4 is 14.8 Å². The van der Waals surface area contributed by atoms with Crippen LogP contribution in [-0.2, 0) is 9.63 Å². The summed E-state index contributed by atoms with van der Waals surface area (Å²) in [4.78, 5) is 16.8. The second-order valence-corrected chi connectivity index (χ2v) is 6.12. The monoisotopic (exact) mass is 392 g/mol. The summed E-state index contributed by atoms with van der Waals surface area (Å²) in [6, 6.07) is 11.9. The Bertz CT molecular complexity index is 808. The van der Waals surface area contributed by atoms with Gasteiger partial charge in [-0.1, -0.05) is 31.1 Å². The van der Waals surface area contributed by atoms with Crippen molar-refractivity contribution in [3.63, 3.8) is 0 Å². The van der Waals surface area contributed by atoms with Crippen molar-refractivity contribution in [3.05, 3.63) is 53.6 Å². The maximum atomic E-state index is 12.3. The highest BCUT2D eigenvalue weighted by Crippen LogP contribution is 2.28. The van der Waals surface area contributed by atoms with E-state index in [0.29, 0.717) is 17.2 Å². The average Bonchev–Trinajstić information content (AvgIpc) is 2.66. The molecule has 0 aliphatic carbocycles. The molecule has 0 aliphatic heterocycles. The molecule has 150 valence electrons. The zero-order valence-electron chi connectivity index (χ0n) is 15.8. The number of anilines is 1. The number of halogens is 2. The van der Waals surface area contributed by atoms with Gasteiger partial charge in [0, 0.05) is 11.3 Å². The highest BCUT2D eigenvalue weighted by atomic mass is 19.3. The maximum Gasteiger partial charge on any atom is 0.387 e. The minimum Gasteiger partial charge on any atom is -0.493 e. The quantitative estimate of drug-likeness (QED) is 0.507. The lowest BCUT2D eigenvalue weighted by atomic mass is 10.0. The molecule has 0 heterocycles. The van der Waals surface area contributed by atoms with Crippen molar-refractivity contribution in [1.29, 1.82) is 0 Å². The average molecular weight is 392 g/mol. The van der Waals surface area contributed by atoms with Crippen LogP contribution in [0.2, 0.25) is 0 Å². The van der Waals surface area contributed by atoms with Gasteiger partial charge in [0.2, 0.25) is 0 Å². The Balaban J connectivity index is 1.85. The molecule has 0 bridgehead atoms. The summed E-state index contributed by atoms with van der Waals surface area (Å²) in [5.41, 5.74) is 2.38. The van der Waals surface area contributed by atoms with Crippen molar-refractivity contribution < 1.29 is 27.9 Å². The Kier molecular flexibility index (Phi) is 7.74. The first kappa shape index (κ1) is 21.1. The van der Waals surface area contributed by atoms with Crippen LogP contribution in [0.4, 0.5) is 14.5 Å². The van der Waals surface area contributed by atoms with Crippen molar-refractivity contribution in [2.24, 2.45) is 5.16 Å². The van der Waals surface area contributed by atoms with Gasteiger partial charge in [0.25, 0.3) is 5.91 Å². The van der Waals surface area contributed by atoms with Gasteiger partial charge >= 0.3 is 6.61 Å². The fourth-order valence-corrected chi connectivity index (χ4v) is 2.30. The number of hydrogen-bond donors (Lipinski definition) is 1. The lowest BCUT2D eigenvalue weighted by Crippen LogP contribution is -2.16. The number of carbonyl (C=O) groups is 1. The number of hydrogen-bond acceptors (Lipinski definition) is 5. The van der Waals surface area contributed by atoms with E-state index in [1.165, 1.54) is 37.1 Å². The molecule has 0 atom stereocenters. The molecule has 2 rings (SSSR count). The molecule has 6 nitrogen and oxygen atoms in total. The first-order valence-electron chi connectivity index (χ1n) is 8.57. The molecular weight excluding hydrogens is 370 g/mol. The van der Waals surface area contributed by atoms with E-state index in [1.807, 2.05) is 24.3 Å². The largest absolute Gasteiger partial charge is 0.493 e. The summed E-state index contributed by atoms with van der Waals surface area (Å²) in [7, 11) is 1.34. The van der Waals surface area contributed by atoms with Crippen molar-refractivity contribution in [1.82, 2.24) is 0 Å². The fraction of sp³-hybridized carbons (Fsp3) is 0.300. The van der Waals surface area contributed by atoms with Crippen LogP contribution in [0.3, 0.4) is 0 Å².